The summed E-state index contributed by atoms with van der Waals surface area (Å²) in [6, 6.07) is 20.9. The van der Waals surface area contributed by atoms with Crippen LogP contribution in [0.4, 0.5) is 8.78 Å². The third kappa shape index (κ3) is 5.48. The van der Waals surface area contributed by atoms with E-state index in [-0.39, 0.29) is 18.4 Å². The molecule has 0 saturated heterocycles. The van der Waals surface area contributed by atoms with Gasteiger partial charge in [0, 0.05) is 5.41 Å². The molecule has 0 heterocycles. The summed E-state index contributed by atoms with van der Waals surface area (Å²) in [5.74, 6) is -1.63. The molecular weight excluding hydrogens is 606 g/mol. The Kier molecular flexibility index (Phi) is 7.75. The van der Waals surface area contributed by atoms with E-state index in [1.54, 1.807) is 72.8 Å². The van der Waals surface area contributed by atoms with Gasteiger partial charge in [-0.1, -0.05) is 53.1 Å². The highest BCUT2D eigenvalue weighted by atomic mass is 32.3. The zero-order chi connectivity index (χ0) is 31.5. The van der Waals surface area contributed by atoms with Crippen LogP contribution in [-0.2, 0) is 19.6 Å². The molecule has 3 aromatic rings. The van der Waals surface area contributed by atoms with Gasteiger partial charge in [0.15, 0.2) is 0 Å². The predicted molar refractivity (Wildman–Crippen MR) is 165 cm³/mol. The quantitative estimate of drug-likeness (QED) is 0.146. The van der Waals surface area contributed by atoms with E-state index < -0.39 is 42.7 Å². The lowest BCUT2D eigenvalue weighted by molar-refractivity contribution is -0.193. The topological polar surface area (TPSA) is 93.5 Å². The number of carbonyl (C=O) groups is 1. The summed E-state index contributed by atoms with van der Waals surface area (Å²) in [7, 11) is -8.98. The molecule has 44 heavy (non-hydrogen) atoms. The van der Waals surface area contributed by atoms with Crippen LogP contribution in [0.15, 0.2) is 87.5 Å². The molecule has 10 heteroatoms. The molecule has 0 radical (unpaired) electrons. The first kappa shape index (κ1) is 31.2. The standard InChI is InChI=1S/C34H38F2O6S2/c1-23-4-10-28(11-5-23)43(29-12-6-24(2)7-13-29,30-14-8-25(3)9-15-30)42-44(39,40)34(35,36)31(37)41-22-32-17-26-16-27(18-32)20-33(38,19-26)21-32/h4-15,26-27,38H,16-22H2,1-3H3/p+1. The van der Waals surface area contributed by atoms with Crippen molar-refractivity contribution in [2.24, 2.45) is 17.3 Å². The van der Waals surface area contributed by atoms with Crippen molar-refractivity contribution in [1.82, 2.24) is 0 Å². The van der Waals surface area contributed by atoms with Crippen LogP contribution in [0.1, 0.15) is 55.2 Å². The monoisotopic (exact) mass is 645 g/mol. The molecule has 4 saturated carbocycles. The van der Waals surface area contributed by atoms with Gasteiger partial charge in [-0.25, -0.2) is 4.79 Å². The van der Waals surface area contributed by atoms with Crippen LogP contribution in [0.5, 0.6) is 0 Å². The van der Waals surface area contributed by atoms with Gasteiger partial charge in [-0.3, -0.25) is 3.63 Å². The van der Waals surface area contributed by atoms with E-state index in [0.29, 0.717) is 46.8 Å². The number of hydrogen-bond donors (Lipinski definition) is 1. The van der Waals surface area contributed by atoms with Crippen molar-refractivity contribution in [3.05, 3.63) is 89.5 Å². The first-order valence-corrected chi connectivity index (χ1v) is 18.0. The van der Waals surface area contributed by atoms with Crippen LogP contribution >= 0.6 is 10.3 Å². The summed E-state index contributed by atoms with van der Waals surface area (Å²) in [5.41, 5.74) is 1.22. The maximum Gasteiger partial charge on any atom is 0.514 e. The number of esters is 1. The van der Waals surface area contributed by atoms with Gasteiger partial charge in [0.25, 0.3) is 0 Å². The number of aliphatic hydroxyl groups is 1. The van der Waals surface area contributed by atoms with E-state index in [0.717, 1.165) is 23.1 Å². The molecule has 4 aliphatic rings. The second-order valence-corrected chi connectivity index (χ2v) is 18.0. The van der Waals surface area contributed by atoms with Gasteiger partial charge in [0.2, 0.25) is 0 Å². The van der Waals surface area contributed by atoms with Crippen molar-refractivity contribution in [3.63, 3.8) is 0 Å². The fourth-order valence-corrected chi connectivity index (χ4v) is 13.2. The number of benzene rings is 3. The van der Waals surface area contributed by atoms with Crippen molar-refractivity contribution in [3.8, 4) is 0 Å². The summed E-state index contributed by atoms with van der Waals surface area (Å²) < 4.78 is 68.6. The third-order valence-electron chi connectivity index (χ3n) is 9.52. The fourth-order valence-electron chi connectivity index (χ4n) is 7.92. The minimum atomic E-state index is -5.78. The second kappa shape index (κ2) is 10.9. The van der Waals surface area contributed by atoms with Gasteiger partial charge >= 0.3 is 21.3 Å². The summed E-state index contributed by atoms with van der Waals surface area (Å²) >= 11 is 0. The molecule has 2 N–H and O–H groups in total. The molecular formula is C34H39F2O6S2+. The van der Waals surface area contributed by atoms with Crippen LogP contribution in [-0.4, -0.2) is 40.6 Å². The third-order valence-corrected chi connectivity index (χ3v) is 14.9. The first-order valence-electron chi connectivity index (χ1n) is 15.0. The number of rotatable bonds is 9. The summed E-state index contributed by atoms with van der Waals surface area (Å²) in [6.07, 6.45) is 4.02. The Morgan fingerprint density at radius 3 is 1.61 bits per heavy atom. The predicted octanol–water partition coefficient (Wildman–Crippen LogP) is 7.70. The molecule has 3 aromatic carbocycles. The maximum atomic E-state index is 15.9. The molecule has 4 bridgehead atoms. The van der Waals surface area contributed by atoms with Crippen LogP contribution in [0.2, 0.25) is 0 Å². The van der Waals surface area contributed by atoms with Crippen molar-refractivity contribution >= 4 is 26.4 Å². The lowest BCUT2D eigenvalue weighted by Gasteiger charge is -2.59. The number of carbonyl (C=O) groups excluding carboxylic acids is 1. The smallest absolute Gasteiger partial charge is 0.460 e. The van der Waals surface area contributed by atoms with E-state index in [1.165, 1.54) is 0 Å². The van der Waals surface area contributed by atoms with Gasteiger partial charge in [0.05, 0.1) is 37.2 Å². The Labute approximate surface area is 259 Å². The Balaban J connectivity index is 1.36. The molecule has 0 aromatic heterocycles. The molecule has 236 valence electrons. The Bertz CT molecular complexity index is 1530. The van der Waals surface area contributed by atoms with Gasteiger partial charge in [-0.05, 0) is 108 Å². The molecule has 2 unspecified atom stereocenters. The number of halogens is 2. The average molecular weight is 646 g/mol. The molecule has 4 fully saturated rings. The van der Waals surface area contributed by atoms with Gasteiger partial charge in [0.1, 0.15) is 0 Å². The van der Waals surface area contributed by atoms with Crippen LogP contribution in [0, 0.1) is 38.0 Å². The van der Waals surface area contributed by atoms with Crippen molar-refractivity contribution in [2.45, 2.75) is 84.8 Å². The first-order chi connectivity index (χ1) is 20.7. The summed E-state index contributed by atoms with van der Waals surface area (Å²) in [4.78, 5) is 14.4. The number of aryl methyl sites for hydroxylation is 3. The summed E-state index contributed by atoms with van der Waals surface area (Å²) in [6.45, 7) is 5.27. The number of ether oxygens (including phenoxy) is 1. The average Bonchev–Trinajstić information content (AvgIpc) is 2.94. The lowest BCUT2D eigenvalue weighted by atomic mass is 9.48. The second-order valence-electron chi connectivity index (χ2n) is 13.3. The van der Waals surface area contributed by atoms with Gasteiger partial charge < -0.3 is 9.84 Å². The number of hydrogen-bond acceptors (Lipinski definition) is 5. The highest BCUT2D eigenvalue weighted by Gasteiger charge is 2.64. The number of alkyl halides is 2. The molecule has 7 rings (SSSR count). The zero-order valence-electron chi connectivity index (χ0n) is 25.1. The molecule has 2 atom stereocenters. The van der Waals surface area contributed by atoms with E-state index >= 15 is 8.78 Å². The Hall–Kier alpha value is -2.79. The van der Waals surface area contributed by atoms with E-state index in [4.69, 9.17) is 4.74 Å². The SMILES string of the molecule is Cc1ccc(S([OH+]S(=O)(=O)C(F)(F)C(=O)OCC23CC4CC(CC(O)(C4)C2)C3)(c2ccc(C)cc2)c2ccc(C)cc2)cc1. The molecule has 4 aliphatic carbocycles. The molecule has 0 amide bonds. The van der Waals surface area contributed by atoms with Crippen LogP contribution in [0.3, 0.4) is 0 Å². The van der Waals surface area contributed by atoms with Crippen molar-refractivity contribution < 1.29 is 35.5 Å². The summed E-state index contributed by atoms with van der Waals surface area (Å²) in [5, 5.41) is 6.10. The lowest BCUT2D eigenvalue weighted by Crippen LogP contribution is -2.57. The minimum Gasteiger partial charge on any atom is -0.460 e. The van der Waals surface area contributed by atoms with Crippen LogP contribution < -0.4 is 0 Å². The van der Waals surface area contributed by atoms with Crippen LogP contribution in [0.25, 0.3) is 0 Å². The largest absolute Gasteiger partial charge is 0.514 e. The van der Waals surface area contributed by atoms with E-state index in [9.17, 15) is 18.3 Å². The fraction of sp³-hybridized carbons (Fsp3) is 0.441. The van der Waals surface area contributed by atoms with E-state index in [2.05, 4.69) is 3.63 Å². The molecule has 0 spiro atoms. The van der Waals surface area contributed by atoms with Crippen molar-refractivity contribution in [1.29, 1.82) is 0 Å². The Morgan fingerprint density at radius 1 is 0.818 bits per heavy atom. The normalized spacial score (nSPS) is 26.9. The molecule has 0 aliphatic heterocycles. The van der Waals surface area contributed by atoms with E-state index in [1.807, 2.05) is 20.8 Å². The highest BCUT2D eigenvalue weighted by molar-refractivity contribution is 8.32. The van der Waals surface area contributed by atoms with Gasteiger partial charge in [-0.2, -0.15) is 8.78 Å². The molecule has 6 nitrogen and oxygen atoms in total. The minimum absolute atomic E-state index is 0.252. The Morgan fingerprint density at radius 2 is 1.23 bits per heavy atom. The maximum absolute atomic E-state index is 15.9. The zero-order valence-corrected chi connectivity index (χ0v) is 26.8. The van der Waals surface area contributed by atoms with Gasteiger partial charge in [-0.15, -0.1) is 8.42 Å². The van der Waals surface area contributed by atoms with Crippen molar-refractivity contribution in [2.75, 3.05) is 6.61 Å². The highest BCUT2D eigenvalue weighted by Crippen LogP contribution is 2.69.